The summed E-state index contributed by atoms with van der Waals surface area (Å²) in [7, 11) is 3.69. The molecule has 1 aromatic carbocycles. The van der Waals surface area contributed by atoms with Gasteiger partial charge in [-0.15, -0.1) is 34.2 Å². The Bertz CT molecular complexity index is 912. The quantitative estimate of drug-likeness (QED) is 0.228. The molecule has 0 aliphatic carbocycles. The minimum Gasteiger partial charge on any atom is -0.374 e. The van der Waals surface area contributed by atoms with Crippen molar-refractivity contribution < 1.29 is 4.39 Å². The van der Waals surface area contributed by atoms with Gasteiger partial charge >= 0.3 is 0 Å². The number of hydrogen-bond acceptors (Lipinski definition) is 4. The SMILES string of the molecule is CN=C(NCCCN(C)c1cccc(F)c1)NCc1nnc2ccccn12.I. The normalized spacial score (nSPS) is 11.2. The van der Waals surface area contributed by atoms with E-state index in [0.717, 1.165) is 36.7 Å². The first-order valence-electron chi connectivity index (χ1n) is 8.87. The van der Waals surface area contributed by atoms with E-state index in [-0.39, 0.29) is 29.8 Å². The number of fused-ring (bicyclic) bond motifs is 1. The molecule has 9 heteroatoms. The van der Waals surface area contributed by atoms with Crippen molar-refractivity contribution in [3.05, 3.63) is 60.3 Å². The first-order chi connectivity index (χ1) is 13.2. The van der Waals surface area contributed by atoms with Crippen LogP contribution in [-0.2, 0) is 6.54 Å². The van der Waals surface area contributed by atoms with Gasteiger partial charge in [0.25, 0.3) is 0 Å². The van der Waals surface area contributed by atoms with Crippen molar-refractivity contribution in [1.82, 2.24) is 25.2 Å². The smallest absolute Gasteiger partial charge is 0.191 e. The molecule has 0 amide bonds. The predicted molar refractivity (Wildman–Crippen MR) is 121 cm³/mol. The predicted octanol–water partition coefficient (Wildman–Crippen LogP) is 2.68. The van der Waals surface area contributed by atoms with Gasteiger partial charge in [-0.05, 0) is 36.8 Å². The van der Waals surface area contributed by atoms with E-state index in [0.29, 0.717) is 12.5 Å². The summed E-state index contributed by atoms with van der Waals surface area (Å²) in [5.74, 6) is 1.30. The van der Waals surface area contributed by atoms with Crippen molar-refractivity contribution in [2.45, 2.75) is 13.0 Å². The fourth-order valence-corrected chi connectivity index (χ4v) is 2.76. The van der Waals surface area contributed by atoms with Gasteiger partial charge in [0.2, 0.25) is 0 Å². The Morgan fingerprint density at radius 2 is 2.04 bits per heavy atom. The fourth-order valence-electron chi connectivity index (χ4n) is 2.76. The van der Waals surface area contributed by atoms with Crippen LogP contribution in [0.2, 0.25) is 0 Å². The number of rotatable bonds is 7. The number of hydrogen-bond donors (Lipinski definition) is 2. The number of aromatic nitrogens is 3. The third-order valence-electron chi connectivity index (χ3n) is 4.23. The van der Waals surface area contributed by atoms with E-state index in [9.17, 15) is 4.39 Å². The average Bonchev–Trinajstić information content (AvgIpc) is 3.10. The van der Waals surface area contributed by atoms with Crippen LogP contribution in [0.1, 0.15) is 12.2 Å². The molecule has 0 aliphatic rings. The van der Waals surface area contributed by atoms with Crippen molar-refractivity contribution in [3.8, 4) is 0 Å². The molecule has 7 nitrogen and oxygen atoms in total. The molecule has 3 aromatic rings. The Morgan fingerprint density at radius 1 is 1.18 bits per heavy atom. The van der Waals surface area contributed by atoms with Crippen LogP contribution in [0.3, 0.4) is 0 Å². The fraction of sp³-hybridized carbons (Fsp3) is 0.316. The van der Waals surface area contributed by atoms with Crippen LogP contribution in [0, 0.1) is 5.82 Å². The Labute approximate surface area is 181 Å². The lowest BCUT2D eigenvalue weighted by atomic mass is 10.2. The summed E-state index contributed by atoms with van der Waals surface area (Å²) in [5.41, 5.74) is 1.69. The summed E-state index contributed by atoms with van der Waals surface area (Å²) in [5, 5.41) is 14.8. The molecule has 0 aliphatic heterocycles. The van der Waals surface area contributed by atoms with Crippen molar-refractivity contribution in [2.75, 3.05) is 32.1 Å². The van der Waals surface area contributed by atoms with E-state index in [1.54, 1.807) is 13.1 Å². The summed E-state index contributed by atoms with van der Waals surface area (Å²) in [6, 6.07) is 12.4. The lowest BCUT2D eigenvalue weighted by Crippen LogP contribution is -2.38. The molecule has 0 unspecified atom stereocenters. The average molecular weight is 497 g/mol. The number of benzene rings is 1. The first-order valence-corrected chi connectivity index (χ1v) is 8.87. The van der Waals surface area contributed by atoms with Gasteiger partial charge in [0.05, 0.1) is 6.54 Å². The zero-order chi connectivity index (χ0) is 19.1. The summed E-state index contributed by atoms with van der Waals surface area (Å²) < 4.78 is 15.2. The van der Waals surface area contributed by atoms with Crippen LogP contribution in [0.5, 0.6) is 0 Å². The van der Waals surface area contributed by atoms with E-state index in [2.05, 4.69) is 25.8 Å². The molecule has 0 saturated heterocycles. The maximum Gasteiger partial charge on any atom is 0.191 e. The van der Waals surface area contributed by atoms with Gasteiger partial charge in [-0.3, -0.25) is 9.39 Å². The van der Waals surface area contributed by atoms with E-state index < -0.39 is 0 Å². The van der Waals surface area contributed by atoms with Crippen LogP contribution in [-0.4, -0.2) is 47.7 Å². The number of pyridine rings is 1. The lowest BCUT2D eigenvalue weighted by molar-refractivity contribution is 0.626. The second-order valence-corrected chi connectivity index (χ2v) is 6.15. The van der Waals surface area contributed by atoms with Gasteiger partial charge in [0.1, 0.15) is 5.82 Å². The molecular weight excluding hydrogens is 472 g/mol. The minimum absolute atomic E-state index is 0. The molecule has 28 heavy (non-hydrogen) atoms. The largest absolute Gasteiger partial charge is 0.374 e. The molecule has 2 heterocycles. The monoisotopic (exact) mass is 497 g/mol. The van der Waals surface area contributed by atoms with E-state index in [1.165, 1.54) is 12.1 Å². The van der Waals surface area contributed by atoms with Crippen LogP contribution in [0.4, 0.5) is 10.1 Å². The number of halogens is 2. The van der Waals surface area contributed by atoms with Crippen LogP contribution in [0.15, 0.2) is 53.7 Å². The maximum absolute atomic E-state index is 13.3. The topological polar surface area (TPSA) is 69.8 Å². The highest BCUT2D eigenvalue weighted by Gasteiger charge is 2.06. The molecule has 2 N–H and O–H groups in total. The van der Waals surface area contributed by atoms with Crippen LogP contribution < -0.4 is 15.5 Å². The molecular formula is C19H25FIN7. The number of nitrogens with zero attached hydrogens (tertiary/aromatic N) is 5. The molecule has 0 fully saturated rings. The van der Waals surface area contributed by atoms with Gasteiger partial charge in [-0.25, -0.2) is 4.39 Å². The molecule has 0 radical (unpaired) electrons. The zero-order valence-electron chi connectivity index (χ0n) is 16.0. The molecule has 0 spiro atoms. The molecule has 0 saturated carbocycles. The van der Waals surface area contributed by atoms with E-state index >= 15 is 0 Å². The Balaban J connectivity index is 0.00000280. The van der Waals surface area contributed by atoms with Crippen molar-refractivity contribution in [2.24, 2.45) is 4.99 Å². The third-order valence-corrected chi connectivity index (χ3v) is 4.23. The highest BCUT2D eigenvalue weighted by molar-refractivity contribution is 14.0. The van der Waals surface area contributed by atoms with Crippen molar-refractivity contribution >= 4 is 41.3 Å². The highest BCUT2D eigenvalue weighted by atomic mass is 127. The third kappa shape index (κ3) is 5.78. The number of guanidine groups is 1. The summed E-state index contributed by atoms with van der Waals surface area (Å²) >= 11 is 0. The van der Waals surface area contributed by atoms with Crippen molar-refractivity contribution in [3.63, 3.8) is 0 Å². The first kappa shape index (κ1) is 21.9. The lowest BCUT2D eigenvalue weighted by Gasteiger charge is -2.19. The number of nitrogens with one attached hydrogen (secondary N) is 2. The van der Waals surface area contributed by atoms with Crippen LogP contribution in [0.25, 0.3) is 5.65 Å². The van der Waals surface area contributed by atoms with Crippen LogP contribution >= 0.6 is 24.0 Å². The van der Waals surface area contributed by atoms with Gasteiger partial charge in [0.15, 0.2) is 17.4 Å². The highest BCUT2D eigenvalue weighted by Crippen LogP contribution is 2.13. The Kier molecular flexibility index (Phi) is 8.42. The van der Waals surface area contributed by atoms with Gasteiger partial charge in [-0.2, -0.15) is 0 Å². The van der Waals surface area contributed by atoms with E-state index in [4.69, 9.17) is 0 Å². The molecule has 0 atom stereocenters. The second-order valence-electron chi connectivity index (χ2n) is 6.15. The van der Waals surface area contributed by atoms with Gasteiger partial charge in [-0.1, -0.05) is 12.1 Å². The second kappa shape index (κ2) is 10.8. The number of anilines is 1. The van der Waals surface area contributed by atoms with Gasteiger partial charge in [0, 0.05) is 39.1 Å². The summed E-state index contributed by atoms with van der Waals surface area (Å²) in [4.78, 5) is 6.26. The van der Waals surface area contributed by atoms with Crippen molar-refractivity contribution in [1.29, 1.82) is 0 Å². The molecule has 2 aromatic heterocycles. The Hall–Kier alpha value is -2.43. The summed E-state index contributed by atoms with van der Waals surface area (Å²) in [6.45, 7) is 2.08. The molecule has 150 valence electrons. The minimum atomic E-state index is -0.219. The van der Waals surface area contributed by atoms with E-state index in [1.807, 2.05) is 46.8 Å². The molecule has 3 rings (SSSR count). The maximum atomic E-state index is 13.3. The molecule has 0 bridgehead atoms. The van der Waals surface area contributed by atoms with Gasteiger partial charge < -0.3 is 15.5 Å². The Morgan fingerprint density at radius 3 is 2.82 bits per heavy atom. The zero-order valence-corrected chi connectivity index (χ0v) is 18.3. The standard InChI is InChI=1S/C19H24FN7.HI/c1-21-19(23-14-18-25-24-17-9-3-4-12-27(17)18)22-10-6-11-26(2)16-8-5-7-15(20)13-16;/h3-5,7-9,12-13H,6,10-11,14H2,1-2H3,(H2,21,22,23);1H. The number of aliphatic imine (C=N–C) groups is 1. The summed E-state index contributed by atoms with van der Waals surface area (Å²) in [6.07, 6.45) is 2.83.